The van der Waals surface area contributed by atoms with Crippen molar-refractivity contribution in [1.29, 1.82) is 0 Å². The molecule has 168 valence electrons. The van der Waals surface area contributed by atoms with Gasteiger partial charge in [-0.2, -0.15) is 0 Å². The zero-order valence-electron chi connectivity index (χ0n) is 19.4. The van der Waals surface area contributed by atoms with E-state index < -0.39 is 5.60 Å². The molecule has 1 aliphatic rings. The summed E-state index contributed by atoms with van der Waals surface area (Å²) in [4.78, 5) is 5.09. The fourth-order valence-electron chi connectivity index (χ4n) is 4.37. The second-order valence-electron chi connectivity index (χ2n) is 9.39. The van der Waals surface area contributed by atoms with E-state index in [-0.39, 0.29) is 12.6 Å². The number of aliphatic hydroxyl groups is 1. The molecule has 0 aromatic heterocycles. The van der Waals surface area contributed by atoms with Crippen LogP contribution in [0.15, 0.2) is 78.9 Å². The Kier molecular flexibility index (Phi) is 6.83. The van der Waals surface area contributed by atoms with Gasteiger partial charge in [-0.1, -0.05) is 60.7 Å². The zero-order valence-corrected chi connectivity index (χ0v) is 19.4. The number of piperazine rings is 1. The number of ether oxygens (including phenoxy) is 1. The molecule has 0 amide bonds. The Morgan fingerprint density at radius 1 is 0.938 bits per heavy atom. The average molecular weight is 431 g/mol. The highest BCUT2D eigenvalue weighted by Crippen LogP contribution is 2.34. The number of anilines is 1. The van der Waals surface area contributed by atoms with Gasteiger partial charge in [-0.25, -0.2) is 0 Å². The van der Waals surface area contributed by atoms with Gasteiger partial charge in [-0.3, -0.25) is 4.90 Å². The number of aryl methyl sites for hydroxylation is 1. The SMILES string of the molecule is Cc1cc(OCC(C)(C)O)ccc1N1CCN(Cc2ccccc2)C[C@H]1c1ccccc1. The zero-order chi connectivity index (χ0) is 22.6. The van der Waals surface area contributed by atoms with Gasteiger partial charge in [0.25, 0.3) is 0 Å². The van der Waals surface area contributed by atoms with Crippen LogP contribution in [-0.2, 0) is 6.54 Å². The van der Waals surface area contributed by atoms with Gasteiger partial charge in [0.2, 0.25) is 0 Å². The second kappa shape index (κ2) is 9.76. The first-order valence-corrected chi connectivity index (χ1v) is 11.4. The van der Waals surface area contributed by atoms with E-state index in [0.29, 0.717) is 0 Å². The molecule has 32 heavy (non-hydrogen) atoms. The van der Waals surface area contributed by atoms with E-state index in [2.05, 4.69) is 89.5 Å². The van der Waals surface area contributed by atoms with Crippen molar-refractivity contribution in [3.05, 3.63) is 95.6 Å². The summed E-state index contributed by atoms with van der Waals surface area (Å²) >= 11 is 0. The predicted octanol–water partition coefficient (Wildman–Crippen LogP) is 5.21. The Morgan fingerprint density at radius 3 is 2.28 bits per heavy atom. The van der Waals surface area contributed by atoms with E-state index >= 15 is 0 Å². The molecule has 1 atom stereocenters. The van der Waals surface area contributed by atoms with E-state index in [1.54, 1.807) is 13.8 Å². The summed E-state index contributed by atoms with van der Waals surface area (Å²) in [5.41, 5.74) is 4.29. The predicted molar refractivity (Wildman–Crippen MR) is 131 cm³/mol. The van der Waals surface area contributed by atoms with Gasteiger partial charge in [-0.05, 0) is 55.7 Å². The van der Waals surface area contributed by atoms with Crippen molar-refractivity contribution < 1.29 is 9.84 Å². The third-order valence-corrected chi connectivity index (χ3v) is 5.97. The molecular weight excluding hydrogens is 396 g/mol. The van der Waals surface area contributed by atoms with Gasteiger partial charge in [0, 0.05) is 31.9 Å². The Morgan fingerprint density at radius 2 is 1.62 bits per heavy atom. The molecule has 0 unspecified atom stereocenters. The molecule has 1 aliphatic heterocycles. The van der Waals surface area contributed by atoms with Crippen LogP contribution in [0.4, 0.5) is 5.69 Å². The molecule has 0 aliphatic carbocycles. The van der Waals surface area contributed by atoms with Crippen LogP contribution < -0.4 is 9.64 Å². The van der Waals surface area contributed by atoms with E-state index in [1.807, 2.05) is 6.07 Å². The van der Waals surface area contributed by atoms with Crippen LogP contribution >= 0.6 is 0 Å². The maximum Gasteiger partial charge on any atom is 0.119 e. The lowest BCUT2D eigenvalue weighted by atomic mass is 9.99. The monoisotopic (exact) mass is 430 g/mol. The van der Waals surface area contributed by atoms with Crippen LogP contribution in [0.2, 0.25) is 0 Å². The number of rotatable bonds is 7. The lowest BCUT2D eigenvalue weighted by molar-refractivity contribution is 0.0285. The molecule has 4 rings (SSSR count). The number of hydrogen-bond acceptors (Lipinski definition) is 4. The van der Waals surface area contributed by atoms with Crippen molar-refractivity contribution in [3.8, 4) is 5.75 Å². The Labute approximate surface area is 192 Å². The first kappa shape index (κ1) is 22.4. The molecule has 3 aromatic rings. The lowest BCUT2D eigenvalue weighted by Crippen LogP contribution is -2.48. The standard InChI is InChI=1S/C28H34N2O2/c1-22-18-25(32-21-28(2,3)31)14-15-26(22)30-17-16-29(19-23-10-6-4-7-11-23)20-27(30)24-12-8-5-9-13-24/h4-15,18,27,31H,16-17,19-21H2,1-3H3/t27-/m0/s1. The fraction of sp³-hybridized carbons (Fsp3) is 0.357. The summed E-state index contributed by atoms with van der Waals surface area (Å²) in [6, 6.07) is 28.1. The summed E-state index contributed by atoms with van der Waals surface area (Å²) in [5, 5.41) is 9.96. The highest BCUT2D eigenvalue weighted by atomic mass is 16.5. The Bertz CT molecular complexity index is 999. The highest BCUT2D eigenvalue weighted by molar-refractivity contribution is 5.58. The van der Waals surface area contributed by atoms with Gasteiger partial charge >= 0.3 is 0 Å². The highest BCUT2D eigenvalue weighted by Gasteiger charge is 2.29. The Balaban J connectivity index is 1.55. The number of hydrogen-bond donors (Lipinski definition) is 1. The van der Waals surface area contributed by atoms with Gasteiger partial charge in [0.15, 0.2) is 0 Å². The molecule has 4 nitrogen and oxygen atoms in total. The van der Waals surface area contributed by atoms with Crippen LogP contribution in [0.25, 0.3) is 0 Å². The summed E-state index contributed by atoms with van der Waals surface area (Å²) in [5.74, 6) is 0.798. The number of benzene rings is 3. The van der Waals surface area contributed by atoms with Crippen molar-refractivity contribution >= 4 is 5.69 Å². The van der Waals surface area contributed by atoms with E-state index in [4.69, 9.17) is 4.74 Å². The molecule has 1 fully saturated rings. The van der Waals surface area contributed by atoms with Crippen molar-refractivity contribution in [2.45, 2.75) is 39.0 Å². The van der Waals surface area contributed by atoms with E-state index in [9.17, 15) is 5.11 Å². The molecule has 3 aromatic carbocycles. The largest absolute Gasteiger partial charge is 0.491 e. The maximum absolute atomic E-state index is 9.96. The summed E-state index contributed by atoms with van der Waals surface area (Å²) in [6.07, 6.45) is 0. The minimum absolute atomic E-state index is 0.274. The minimum Gasteiger partial charge on any atom is -0.491 e. The first-order valence-electron chi connectivity index (χ1n) is 11.4. The van der Waals surface area contributed by atoms with Crippen molar-refractivity contribution in [1.82, 2.24) is 4.90 Å². The van der Waals surface area contributed by atoms with Crippen molar-refractivity contribution in [3.63, 3.8) is 0 Å². The summed E-state index contributed by atoms with van der Waals surface area (Å²) in [7, 11) is 0. The third-order valence-electron chi connectivity index (χ3n) is 5.97. The molecule has 1 heterocycles. The second-order valence-corrected chi connectivity index (χ2v) is 9.39. The molecule has 1 N–H and O–H groups in total. The third kappa shape index (κ3) is 5.70. The topological polar surface area (TPSA) is 35.9 Å². The van der Waals surface area contributed by atoms with Crippen LogP contribution in [-0.4, -0.2) is 41.8 Å². The van der Waals surface area contributed by atoms with E-state index in [0.717, 1.165) is 31.9 Å². The van der Waals surface area contributed by atoms with Crippen molar-refractivity contribution in [2.75, 3.05) is 31.1 Å². The Hall–Kier alpha value is -2.82. The molecule has 0 spiro atoms. The van der Waals surface area contributed by atoms with E-state index in [1.165, 1.54) is 22.4 Å². The molecule has 0 bridgehead atoms. The molecular formula is C28H34N2O2. The first-order chi connectivity index (χ1) is 15.4. The molecule has 4 heteroatoms. The smallest absolute Gasteiger partial charge is 0.119 e. The molecule has 1 saturated heterocycles. The quantitative estimate of drug-likeness (QED) is 0.558. The normalized spacial score (nSPS) is 17.4. The molecule has 0 saturated carbocycles. The summed E-state index contributed by atoms with van der Waals surface area (Å²) < 4.78 is 5.81. The van der Waals surface area contributed by atoms with Crippen LogP contribution in [0.5, 0.6) is 5.75 Å². The fourth-order valence-corrected chi connectivity index (χ4v) is 4.37. The minimum atomic E-state index is -0.847. The lowest BCUT2D eigenvalue weighted by Gasteiger charge is -2.43. The maximum atomic E-state index is 9.96. The van der Waals surface area contributed by atoms with Crippen LogP contribution in [0.1, 0.15) is 36.6 Å². The van der Waals surface area contributed by atoms with Gasteiger partial charge in [-0.15, -0.1) is 0 Å². The van der Waals surface area contributed by atoms with Crippen molar-refractivity contribution in [2.24, 2.45) is 0 Å². The average Bonchev–Trinajstić information content (AvgIpc) is 2.79. The van der Waals surface area contributed by atoms with Crippen LogP contribution in [0, 0.1) is 6.92 Å². The summed E-state index contributed by atoms with van der Waals surface area (Å²) in [6.45, 7) is 9.88. The van der Waals surface area contributed by atoms with Crippen LogP contribution in [0.3, 0.4) is 0 Å². The van der Waals surface area contributed by atoms with Gasteiger partial charge in [0.05, 0.1) is 11.6 Å². The van der Waals surface area contributed by atoms with Gasteiger partial charge in [0.1, 0.15) is 12.4 Å². The molecule has 0 radical (unpaired) electrons. The number of nitrogens with zero attached hydrogens (tertiary/aromatic N) is 2. The van der Waals surface area contributed by atoms with Gasteiger partial charge < -0.3 is 14.7 Å².